The average Bonchev–Trinajstić information content (AvgIpc) is 3.38. The Bertz CT molecular complexity index is 727. The van der Waals surface area contributed by atoms with Crippen LogP contribution in [0.2, 0.25) is 0 Å². The number of nitrogens with zero attached hydrogens (tertiary/aromatic N) is 5. The van der Waals surface area contributed by atoms with Crippen LogP contribution < -0.4 is 0 Å². The zero-order valence-corrected chi connectivity index (χ0v) is 17.2. The molecule has 2 aliphatic rings. The number of piperidine rings is 1. The summed E-state index contributed by atoms with van der Waals surface area (Å²) in [6, 6.07) is 0.427. The minimum atomic E-state index is 0.387. The smallest absolute Gasteiger partial charge is 0.229 e. The van der Waals surface area contributed by atoms with Crippen molar-refractivity contribution < 1.29 is 9.26 Å². The van der Waals surface area contributed by atoms with Gasteiger partial charge in [-0.2, -0.15) is 10.1 Å². The first kappa shape index (κ1) is 19.6. The molecule has 2 saturated heterocycles. The van der Waals surface area contributed by atoms with E-state index in [4.69, 9.17) is 9.26 Å². The minimum absolute atomic E-state index is 0.387. The first-order valence-electron chi connectivity index (χ1n) is 10.8. The van der Waals surface area contributed by atoms with Crippen LogP contribution in [-0.4, -0.2) is 51.1 Å². The summed E-state index contributed by atoms with van der Waals surface area (Å²) in [7, 11) is 0. The lowest BCUT2D eigenvalue weighted by Crippen LogP contribution is -2.33. The van der Waals surface area contributed by atoms with Gasteiger partial charge in [0.25, 0.3) is 0 Å². The molecule has 0 amide bonds. The van der Waals surface area contributed by atoms with E-state index in [2.05, 4.69) is 40.2 Å². The maximum absolute atomic E-state index is 5.51. The van der Waals surface area contributed by atoms with Crippen LogP contribution >= 0.6 is 0 Å². The summed E-state index contributed by atoms with van der Waals surface area (Å²) in [6.45, 7) is 9.28. The number of hydrogen-bond donors (Lipinski definition) is 0. The fourth-order valence-electron chi connectivity index (χ4n) is 4.25. The van der Waals surface area contributed by atoms with E-state index in [9.17, 15) is 0 Å². The summed E-state index contributed by atoms with van der Waals surface area (Å²) >= 11 is 0. The lowest BCUT2D eigenvalue weighted by molar-refractivity contribution is 0.0778. The van der Waals surface area contributed by atoms with Crippen LogP contribution in [-0.2, 0) is 17.7 Å². The van der Waals surface area contributed by atoms with Gasteiger partial charge in [0.05, 0.1) is 6.20 Å². The van der Waals surface area contributed by atoms with Crippen molar-refractivity contribution in [1.29, 1.82) is 0 Å². The standard InChI is InChI=1S/C21H33N5O2/c1-16(2)26-15-18(13-22-26)14-25-9-5-17(6-10-25)3-4-20-23-21(28-24-20)19-7-11-27-12-8-19/h13,15-17,19H,3-12,14H2,1-2H3. The SMILES string of the molecule is CC(C)n1cc(CN2CCC(CCc3noc(C4CCOCC4)n3)CC2)cn1. The zero-order chi connectivity index (χ0) is 19.3. The van der Waals surface area contributed by atoms with Gasteiger partial charge >= 0.3 is 0 Å². The van der Waals surface area contributed by atoms with Crippen molar-refractivity contribution in [3.05, 3.63) is 29.7 Å². The predicted octanol–water partition coefficient (Wildman–Crippen LogP) is 3.59. The molecule has 4 heterocycles. The maximum atomic E-state index is 5.51. The topological polar surface area (TPSA) is 69.2 Å². The van der Waals surface area contributed by atoms with E-state index in [1.165, 1.54) is 18.4 Å². The van der Waals surface area contributed by atoms with Crippen LogP contribution in [0, 0.1) is 5.92 Å². The lowest BCUT2D eigenvalue weighted by atomic mass is 9.92. The van der Waals surface area contributed by atoms with Crippen molar-refractivity contribution in [3.63, 3.8) is 0 Å². The van der Waals surface area contributed by atoms with Crippen molar-refractivity contribution in [1.82, 2.24) is 24.8 Å². The molecule has 2 fully saturated rings. The summed E-state index contributed by atoms with van der Waals surface area (Å²) in [5, 5.41) is 8.67. The van der Waals surface area contributed by atoms with Gasteiger partial charge in [-0.25, -0.2) is 0 Å². The Morgan fingerprint density at radius 2 is 1.93 bits per heavy atom. The number of aryl methyl sites for hydroxylation is 1. The van der Waals surface area contributed by atoms with Gasteiger partial charge in [-0.05, 0) is 65.0 Å². The fourth-order valence-corrected chi connectivity index (χ4v) is 4.25. The van der Waals surface area contributed by atoms with Crippen LogP contribution in [0.1, 0.15) is 75.2 Å². The molecule has 4 rings (SSSR count). The van der Waals surface area contributed by atoms with Crippen molar-refractivity contribution in [2.24, 2.45) is 5.92 Å². The Balaban J connectivity index is 1.19. The molecular weight excluding hydrogens is 354 g/mol. The third-order valence-corrected chi connectivity index (χ3v) is 6.13. The molecule has 0 saturated carbocycles. The van der Waals surface area contributed by atoms with Crippen LogP contribution in [0.5, 0.6) is 0 Å². The molecule has 0 bridgehead atoms. The van der Waals surface area contributed by atoms with Gasteiger partial charge in [-0.1, -0.05) is 5.16 Å². The second kappa shape index (κ2) is 9.18. The van der Waals surface area contributed by atoms with E-state index in [-0.39, 0.29) is 0 Å². The monoisotopic (exact) mass is 387 g/mol. The van der Waals surface area contributed by atoms with Crippen molar-refractivity contribution in [2.75, 3.05) is 26.3 Å². The number of likely N-dealkylation sites (tertiary alicyclic amines) is 1. The largest absolute Gasteiger partial charge is 0.381 e. The zero-order valence-electron chi connectivity index (χ0n) is 17.2. The number of aromatic nitrogens is 4. The summed E-state index contributed by atoms with van der Waals surface area (Å²) in [4.78, 5) is 7.20. The average molecular weight is 388 g/mol. The van der Waals surface area contributed by atoms with Crippen molar-refractivity contribution in [2.45, 2.75) is 70.9 Å². The Hall–Kier alpha value is -1.73. The molecule has 7 nitrogen and oxygen atoms in total. The van der Waals surface area contributed by atoms with Crippen LogP contribution in [0.4, 0.5) is 0 Å². The van der Waals surface area contributed by atoms with E-state index in [0.29, 0.717) is 12.0 Å². The highest BCUT2D eigenvalue weighted by molar-refractivity contribution is 5.04. The Morgan fingerprint density at radius 3 is 2.64 bits per heavy atom. The second-order valence-corrected chi connectivity index (χ2v) is 8.62. The van der Waals surface area contributed by atoms with Crippen LogP contribution in [0.3, 0.4) is 0 Å². The quantitative estimate of drug-likeness (QED) is 0.723. The number of rotatable bonds is 7. The summed E-state index contributed by atoms with van der Waals surface area (Å²) in [6.07, 6.45) is 10.8. The molecular formula is C21H33N5O2. The van der Waals surface area contributed by atoms with E-state index in [1.54, 1.807) is 0 Å². The lowest BCUT2D eigenvalue weighted by Gasteiger charge is -2.31. The molecule has 0 aliphatic carbocycles. The third kappa shape index (κ3) is 5.00. The van der Waals surface area contributed by atoms with Crippen molar-refractivity contribution >= 4 is 0 Å². The minimum Gasteiger partial charge on any atom is -0.381 e. The maximum Gasteiger partial charge on any atom is 0.229 e. The van der Waals surface area contributed by atoms with Gasteiger partial charge in [0.2, 0.25) is 5.89 Å². The van der Waals surface area contributed by atoms with E-state index >= 15 is 0 Å². The Morgan fingerprint density at radius 1 is 1.14 bits per heavy atom. The third-order valence-electron chi connectivity index (χ3n) is 6.13. The first-order valence-corrected chi connectivity index (χ1v) is 10.8. The highest BCUT2D eigenvalue weighted by Crippen LogP contribution is 2.27. The molecule has 2 aliphatic heterocycles. The molecule has 0 atom stereocenters. The Kier molecular flexibility index (Phi) is 6.42. The molecule has 0 unspecified atom stereocenters. The molecule has 0 radical (unpaired) electrons. The normalized spacial score (nSPS) is 20.2. The van der Waals surface area contributed by atoms with E-state index in [1.807, 2.05) is 10.9 Å². The van der Waals surface area contributed by atoms with Gasteiger partial charge in [0, 0.05) is 49.9 Å². The van der Waals surface area contributed by atoms with Crippen molar-refractivity contribution in [3.8, 4) is 0 Å². The molecule has 7 heteroatoms. The number of hydrogen-bond acceptors (Lipinski definition) is 6. The summed E-state index contributed by atoms with van der Waals surface area (Å²) in [5.74, 6) is 2.85. The van der Waals surface area contributed by atoms with E-state index < -0.39 is 0 Å². The number of ether oxygens (including phenoxy) is 1. The summed E-state index contributed by atoms with van der Waals surface area (Å²) < 4.78 is 13.0. The molecule has 0 N–H and O–H groups in total. The Labute approximate surface area is 167 Å². The highest BCUT2D eigenvalue weighted by Gasteiger charge is 2.23. The van der Waals surface area contributed by atoms with Crippen LogP contribution in [0.15, 0.2) is 16.9 Å². The van der Waals surface area contributed by atoms with Gasteiger partial charge in [0.15, 0.2) is 5.82 Å². The molecule has 0 spiro atoms. The molecule has 154 valence electrons. The van der Waals surface area contributed by atoms with E-state index in [0.717, 1.165) is 76.2 Å². The fraction of sp³-hybridized carbons (Fsp3) is 0.762. The first-order chi connectivity index (χ1) is 13.7. The predicted molar refractivity (Wildman–Crippen MR) is 106 cm³/mol. The van der Waals surface area contributed by atoms with Gasteiger partial charge < -0.3 is 9.26 Å². The molecule has 2 aromatic rings. The second-order valence-electron chi connectivity index (χ2n) is 8.62. The highest BCUT2D eigenvalue weighted by atomic mass is 16.5. The van der Waals surface area contributed by atoms with Gasteiger partial charge in [-0.3, -0.25) is 9.58 Å². The molecule has 2 aromatic heterocycles. The van der Waals surface area contributed by atoms with Gasteiger partial charge in [0.1, 0.15) is 0 Å². The molecule has 28 heavy (non-hydrogen) atoms. The molecule has 0 aromatic carbocycles. The van der Waals surface area contributed by atoms with Crippen LogP contribution in [0.25, 0.3) is 0 Å². The van der Waals surface area contributed by atoms with Gasteiger partial charge in [-0.15, -0.1) is 0 Å². The summed E-state index contributed by atoms with van der Waals surface area (Å²) in [5.41, 5.74) is 1.32.